The summed E-state index contributed by atoms with van der Waals surface area (Å²) in [5.41, 5.74) is 0.430. The third-order valence-corrected chi connectivity index (χ3v) is 2.58. The molecule has 114 valence electrons. The second-order valence-corrected chi connectivity index (χ2v) is 4.32. The molecule has 0 unspecified atom stereocenters. The average molecular weight is 296 g/mol. The van der Waals surface area contributed by atoms with Crippen LogP contribution in [0.5, 0.6) is 0 Å². The standard InChI is InChI=1S/C14H17FN2O4/c1-3-14(20)21-9-13(19)17(2)8-12(18)16-11-6-4-10(15)5-7-11/h4-7H,3,8-9H2,1-2H3,(H,16,18). The highest BCUT2D eigenvalue weighted by atomic mass is 19.1. The third kappa shape index (κ3) is 6.03. The average Bonchev–Trinajstić information content (AvgIpc) is 2.46. The van der Waals surface area contributed by atoms with Crippen molar-refractivity contribution in [3.05, 3.63) is 30.1 Å². The Morgan fingerprint density at radius 1 is 1.24 bits per heavy atom. The van der Waals surface area contributed by atoms with E-state index < -0.39 is 30.2 Å². The normalized spacial score (nSPS) is 9.86. The first-order chi connectivity index (χ1) is 9.92. The van der Waals surface area contributed by atoms with Gasteiger partial charge in [0.25, 0.3) is 5.91 Å². The van der Waals surface area contributed by atoms with Crippen molar-refractivity contribution in [2.24, 2.45) is 0 Å². The second-order valence-electron chi connectivity index (χ2n) is 4.32. The van der Waals surface area contributed by atoms with Crippen molar-refractivity contribution in [1.29, 1.82) is 0 Å². The van der Waals surface area contributed by atoms with Crippen LogP contribution in [0, 0.1) is 5.82 Å². The number of likely N-dealkylation sites (N-methyl/N-ethyl adjacent to an activating group) is 1. The number of nitrogens with one attached hydrogen (secondary N) is 1. The van der Waals surface area contributed by atoms with E-state index in [0.29, 0.717) is 5.69 Å². The Morgan fingerprint density at radius 3 is 2.43 bits per heavy atom. The first-order valence-electron chi connectivity index (χ1n) is 6.37. The monoisotopic (exact) mass is 296 g/mol. The van der Waals surface area contributed by atoms with Crippen molar-refractivity contribution in [1.82, 2.24) is 4.90 Å². The van der Waals surface area contributed by atoms with E-state index in [1.807, 2.05) is 0 Å². The zero-order chi connectivity index (χ0) is 15.8. The SMILES string of the molecule is CCC(=O)OCC(=O)N(C)CC(=O)Nc1ccc(F)cc1. The van der Waals surface area contributed by atoms with E-state index in [1.54, 1.807) is 6.92 Å². The number of ether oxygens (including phenoxy) is 1. The fourth-order valence-corrected chi connectivity index (χ4v) is 1.39. The number of rotatable bonds is 6. The summed E-state index contributed by atoms with van der Waals surface area (Å²) in [6.45, 7) is 1.03. The van der Waals surface area contributed by atoms with Crippen molar-refractivity contribution in [2.75, 3.05) is 25.5 Å². The van der Waals surface area contributed by atoms with Gasteiger partial charge in [0.1, 0.15) is 5.82 Å². The van der Waals surface area contributed by atoms with Gasteiger partial charge in [0, 0.05) is 19.2 Å². The lowest BCUT2D eigenvalue weighted by molar-refractivity contribution is -0.151. The number of amides is 2. The molecule has 0 heterocycles. The van der Waals surface area contributed by atoms with Crippen LogP contribution in [0.3, 0.4) is 0 Å². The van der Waals surface area contributed by atoms with Crippen LogP contribution in [0.2, 0.25) is 0 Å². The first-order valence-corrected chi connectivity index (χ1v) is 6.37. The lowest BCUT2D eigenvalue weighted by atomic mass is 10.3. The van der Waals surface area contributed by atoms with Crippen LogP contribution in [0.15, 0.2) is 24.3 Å². The molecule has 0 bridgehead atoms. The summed E-state index contributed by atoms with van der Waals surface area (Å²) in [4.78, 5) is 35.4. The topological polar surface area (TPSA) is 75.7 Å². The summed E-state index contributed by atoms with van der Waals surface area (Å²) in [7, 11) is 1.42. The van der Waals surface area contributed by atoms with Gasteiger partial charge in [-0.15, -0.1) is 0 Å². The van der Waals surface area contributed by atoms with Gasteiger partial charge in [-0.1, -0.05) is 6.92 Å². The molecule has 0 spiro atoms. The number of esters is 1. The van der Waals surface area contributed by atoms with Crippen LogP contribution in [-0.2, 0) is 19.1 Å². The van der Waals surface area contributed by atoms with Crippen LogP contribution in [0.1, 0.15) is 13.3 Å². The fourth-order valence-electron chi connectivity index (χ4n) is 1.39. The van der Waals surface area contributed by atoms with Gasteiger partial charge < -0.3 is 15.0 Å². The van der Waals surface area contributed by atoms with Crippen LogP contribution in [0.25, 0.3) is 0 Å². The smallest absolute Gasteiger partial charge is 0.306 e. The lowest BCUT2D eigenvalue weighted by Gasteiger charge is -2.16. The zero-order valence-corrected chi connectivity index (χ0v) is 11.9. The summed E-state index contributed by atoms with van der Waals surface area (Å²) in [5.74, 6) is -1.80. The van der Waals surface area contributed by atoms with Crippen molar-refractivity contribution in [3.8, 4) is 0 Å². The van der Waals surface area contributed by atoms with E-state index in [9.17, 15) is 18.8 Å². The molecule has 0 saturated heterocycles. The molecule has 0 radical (unpaired) electrons. The van der Waals surface area contributed by atoms with Crippen molar-refractivity contribution in [3.63, 3.8) is 0 Å². The number of hydrogen-bond acceptors (Lipinski definition) is 4. The molecular formula is C14H17FN2O4. The maximum Gasteiger partial charge on any atom is 0.306 e. The summed E-state index contributed by atoms with van der Waals surface area (Å²) in [6, 6.07) is 5.26. The van der Waals surface area contributed by atoms with E-state index >= 15 is 0 Å². The summed E-state index contributed by atoms with van der Waals surface area (Å²) >= 11 is 0. The molecule has 6 nitrogen and oxygen atoms in total. The van der Waals surface area contributed by atoms with Crippen LogP contribution in [0.4, 0.5) is 10.1 Å². The molecule has 1 aromatic carbocycles. The molecule has 21 heavy (non-hydrogen) atoms. The van der Waals surface area contributed by atoms with Gasteiger partial charge in [-0.25, -0.2) is 4.39 Å². The third-order valence-electron chi connectivity index (χ3n) is 2.58. The molecule has 1 rings (SSSR count). The largest absolute Gasteiger partial charge is 0.456 e. The Labute approximate surface area is 121 Å². The number of halogens is 1. The van der Waals surface area contributed by atoms with Crippen molar-refractivity contribution in [2.45, 2.75) is 13.3 Å². The van der Waals surface area contributed by atoms with Gasteiger partial charge in [-0.05, 0) is 24.3 Å². The Bertz CT molecular complexity index is 516. The van der Waals surface area contributed by atoms with Crippen LogP contribution >= 0.6 is 0 Å². The minimum absolute atomic E-state index is 0.183. The van der Waals surface area contributed by atoms with E-state index in [-0.39, 0.29) is 13.0 Å². The highest BCUT2D eigenvalue weighted by molar-refractivity contribution is 5.94. The zero-order valence-electron chi connectivity index (χ0n) is 11.9. The predicted octanol–water partition coefficient (Wildman–Crippen LogP) is 1.18. The maximum absolute atomic E-state index is 12.7. The second kappa shape index (κ2) is 7.98. The number of benzene rings is 1. The Hall–Kier alpha value is -2.44. The molecule has 0 saturated carbocycles. The van der Waals surface area contributed by atoms with Crippen molar-refractivity contribution < 1.29 is 23.5 Å². The van der Waals surface area contributed by atoms with Gasteiger partial charge >= 0.3 is 5.97 Å². The highest BCUT2D eigenvalue weighted by Crippen LogP contribution is 2.08. The molecule has 0 aliphatic heterocycles. The number of carbonyl (C=O) groups excluding carboxylic acids is 3. The molecule has 1 aromatic rings. The van der Waals surface area contributed by atoms with Gasteiger partial charge in [0.15, 0.2) is 6.61 Å². The molecule has 0 atom stereocenters. The quantitative estimate of drug-likeness (QED) is 0.800. The lowest BCUT2D eigenvalue weighted by Crippen LogP contribution is -2.37. The first kappa shape index (κ1) is 16.6. The number of nitrogens with zero attached hydrogens (tertiary/aromatic N) is 1. The van der Waals surface area contributed by atoms with E-state index in [1.165, 1.54) is 31.3 Å². The van der Waals surface area contributed by atoms with Gasteiger partial charge in [0.05, 0.1) is 6.54 Å². The van der Waals surface area contributed by atoms with E-state index in [4.69, 9.17) is 0 Å². The molecule has 0 aliphatic rings. The highest BCUT2D eigenvalue weighted by Gasteiger charge is 2.14. The molecule has 1 N–H and O–H groups in total. The molecular weight excluding hydrogens is 279 g/mol. The van der Waals surface area contributed by atoms with Gasteiger partial charge in [-0.3, -0.25) is 14.4 Å². The maximum atomic E-state index is 12.7. The summed E-state index contributed by atoms with van der Waals surface area (Å²) in [6.07, 6.45) is 0.183. The minimum atomic E-state index is -0.481. The molecule has 0 aromatic heterocycles. The Kier molecular flexibility index (Phi) is 6.32. The van der Waals surface area contributed by atoms with Gasteiger partial charge in [0.2, 0.25) is 5.91 Å². The molecule has 2 amide bonds. The Balaban J connectivity index is 2.41. The van der Waals surface area contributed by atoms with Crippen molar-refractivity contribution >= 4 is 23.5 Å². The van der Waals surface area contributed by atoms with E-state index in [2.05, 4.69) is 10.1 Å². The van der Waals surface area contributed by atoms with Gasteiger partial charge in [-0.2, -0.15) is 0 Å². The molecule has 0 aliphatic carbocycles. The number of anilines is 1. The fraction of sp³-hybridized carbons (Fsp3) is 0.357. The number of carbonyl (C=O) groups is 3. The summed E-state index contributed by atoms with van der Waals surface area (Å²) in [5, 5.41) is 2.52. The minimum Gasteiger partial charge on any atom is -0.456 e. The molecule has 7 heteroatoms. The number of hydrogen-bond donors (Lipinski definition) is 1. The predicted molar refractivity (Wildman–Crippen MR) is 73.9 cm³/mol. The van der Waals surface area contributed by atoms with Crippen LogP contribution in [-0.4, -0.2) is 42.9 Å². The molecule has 0 fully saturated rings. The Morgan fingerprint density at radius 2 is 1.86 bits per heavy atom. The summed E-state index contributed by atoms with van der Waals surface area (Å²) < 4.78 is 17.4. The van der Waals surface area contributed by atoms with Crippen LogP contribution < -0.4 is 5.32 Å². The van der Waals surface area contributed by atoms with E-state index in [0.717, 1.165) is 4.90 Å².